The maximum absolute atomic E-state index is 13.1. The van der Waals surface area contributed by atoms with Gasteiger partial charge in [0, 0.05) is 36.9 Å². The number of anilines is 1. The molecule has 0 aliphatic carbocycles. The summed E-state index contributed by atoms with van der Waals surface area (Å²) in [5, 5.41) is 3.16. The summed E-state index contributed by atoms with van der Waals surface area (Å²) in [4.78, 5) is 13.2. The van der Waals surface area contributed by atoms with Crippen LogP contribution in [0.3, 0.4) is 0 Å². The Bertz CT molecular complexity index is 1260. The number of aromatic nitrogens is 1. The minimum Gasteiger partial charge on any atom is -0.322 e. The number of sulfonamides is 1. The van der Waals surface area contributed by atoms with Crippen LogP contribution in [0.25, 0.3) is 5.69 Å². The van der Waals surface area contributed by atoms with Crippen molar-refractivity contribution in [2.45, 2.75) is 32.6 Å². The van der Waals surface area contributed by atoms with E-state index in [9.17, 15) is 13.2 Å². The second-order valence-electron chi connectivity index (χ2n) is 7.77. The number of aryl methyl sites for hydroxylation is 3. The molecule has 164 valence electrons. The molecule has 0 saturated heterocycles. The van der Waals surface area contributed by atoms with Crippen LogP contribution in [-0.4, -0.2) is 37.3 Å². The zero-order valence-corrected chi connectivity index (χ0v) is 20.0. The maximum Gasteiger partial charge on any atom is 0.257 e. The lowest BCUT2D eigenvalue weighted by Crippen LogP contribution is -2.23. The van der Waals surface area contributed by atoms with Crippen molar-refractivity contribution in [2.24, 2.45) is 0 Å². The number of amides is 1. The highest BCUT2D eigenvalue weighted by molar-refractivity contribution is 7.89. The summed E-state index contributed by atoms with van der Waals surface area (Å²) in [5.74, 6) is -0.406. The normalized spacial score (nSPS) is 11.7. The zero-order chi connectivity index (χ0) is 23.1. The molecule has 0 bridgehead atoms. The lowest BCUT2D eigenvalue weighted by atomic mass is 10.1. The molecule has 0 aliphatic heterocycles. The molecule has 3 aromatic rings. The molecule has 31 heavy (non-hydrogen) atoms. The Morgan fingerprint density at radius 2 is 1.58 bits per heavy atom. The monoisotopic (exact) mass is 459 g/mol. The van der Waals surface area contributed by atoms with Crippen LogP contribution in [0.5, 0.6) is 0 Å². The van der Waals surface area contributed by atoms with Crippen LogP contribution in [0, 0.1) is 27.7 Å². The summed E-state index contributed by atoms with van der Waals surface area (Å²) in [5.41, 5.74) is 5.20. The van der Waals surface area contributed by atoms with Gasteiger partial charge in [-0.3, -0.25) is 4.79 Å². The van der Waals surface area contributed by atoms with Gasteiger partial charge in [0.15, 0.2) is 0 Å². The summed E-state index contributed by atoms with van der Waals surface area (Å²) < 4.78 is 28.4. The first-order valence-electron chi connectivity index (χ1n) is 9.73. The predicted molar refractivity (Wildman–Crippen MR) is 125 cm³/mol. The minimum absolute atomic E-state index is 0.120. The maximum atomic E-state index is 13.1. The first kappa shape index (κ1) is 23.1. The second kappa shape index (κ2) is 8.49. The molecule has 0 aliphatic rings. The van der Waals surface area contributed by atoms with Crippen LogP contribution >= 0.6 is 11.6 Å². The van der Waals surface area contributed by atoms with Crippen LogP contribution in [0.4, 0.5) is 5.69 Å². The Hall–Kier alpha value is -2.61. The van der Waals surface area contributed by atoms with Crippen LogP contribution in [0.15, 0.2) is 47.4 Å². The smallest absolute Gasteiger partial charge is 0.257 e. The van der Waals surface area contributed by atoms with Gasteiger partial charge >= 0.3 is 0 Å². The number of benzene rings is 2. The van der Waals surface area contributed by atoms with Gasteiger partial charge in [-0.05, 0) is 81.3 Å². The van der Waals surface area contributed by atoms with E-state index in [1.165, 1.54) is 20.2 Å². The first-order chi connectivity index (χ1) is 14.4. The van der Waals surface area contributed by atoms with Gasteiger partial charge in [-0.15, -0.1) is 0 Å². The number of nitrogens with zero attached hydrogens (tertiary/aromatic N) is 2. The van der Waals surface area contributed by atoms with Gasteiger partial charge in [-0.2, -0.15) is 0 Å². The van der Waals surface area contributed by atoms with Crippen molar-refractivity contribution in [3.8, 4) is 5.69 Å². The number of rotatable bonds is 5. The van der Waals surface area contributed by atoms with Crippen LogP contribution in [0.1, 0.15) is 32.9 Å². The third-order valence-electron chi connectivity index (χ3n) is 5.39. The molecular formula is C23H26ClN3O3S. The van der Waals surface area contributed by atoms with E-state index in [0.29, 0.717) is 16.3 Å². The molecule has 1 N–H and O–H groups in total. The Morgan fingerprint density at radius 3 is 2.16 bits per heavy atom. The highest BCUT2D eigenvalue weighted by atomic mass is 35.5. The van der Waals surface area contributed by atoms with E-state index in [0.717, 1.165) is 32.5 Å². The summed E-state index contributed by atoms with van der Waals surface area (Å²) in [6, 6.07) is 12.4. The van der Waals surface area contributed by atoms with E-state index in [4.69, 9.17) is 11.6 Å². The lowest BCUT2D eigenvalue weighted by molar-refractivity contribution is 0.102. The number of nitrogens with one attached hydrogen (secondary N) is 1. The summed E-state index contributed by atoms with van der Waals surface area (Å²) in [6.07, 6.45) is 0. The quantitative estimate of drug-likeness (QED) is 0.591. The van der Waals surface area contributed by atoms with Gasteiger partial charge in [0.2, 0.25) is 10.0 Å². The SMILES string of the molecule is Cc1cc(S(=O)(=O)N(C)C)cc(NC(=O)c2cc(-n3c(C)ccc3C)ccc2Cl)c1C. The Kier molecular flexibility index (Phi) is 6.32. The highest BCUT2D eigenvalue weighted by Crippen LogP contribution is 2.28. The third-order valence-corrected chi connectivity index (χ3v) is 7.51. The summed E-state index contributed by atoms with van der Waals surface area (Å²) in [7, 11) is -0.697. The first-order valence-corrected chi connectivity index (χ1v) is 11.5. The molecule has 6 nitrogen and oxygen atoms in total. The molecule has 2 aromatic carbocycles. The predicted octanol–water partition coefficient (Wildman–Crippen LogP) is 4.87. The van der Waals surface area contributed by atoms with Crippen molar-refractivity contribution in [2.75, 3.05) is 19.4 Å². The standard InChI is InChI=1S/C23H26ClN3O3S/c1-14-11-19(31(29,30)26(5)6)13-22(17(14)4)25-23(28)20-12-18(9-10-21(20)24)27-15(2)7-8-16(27)3/h7-13H,1-6H3,(H,25,28). The van der Waals surface area contributed by atoms with Crippen LogP contribution < -0.4 is 5.32 Å². The molecule has 0 fully saturated rings. The second-order valence-corrected chi connectivity index (χ2v) is 10.3. The number of hydrogen-bond acceptors (Lipinski definition) is 3. The van der Waals surface area contributed by atoms with Crippen molar-refractivity contribution >= 4 is 33.2 Å². The van der Waals surface area contributed by atoms with E-state index in [-0.39, 0.29) is 4.90 Å². The summed E-state index contributed by atoms with van der Waals surface area (Å²) >= 11 is 6.34. The number of carbonyl (C=O) groups excluding carboxylic acids is 1. The molecule has 0 unspecified atom stereocenters. The molecule has 8 heteroatoms. The molecule has 3 rings (SSSR count). The van der Waals surface area contributed by atoms with Crippen molar-refractivity contribution in [1.29, 1.82) is 0 Å². The molecular weight excluding hydrogens is 434 g/mol. The van der Waals surface area contributed by atoms with Crippen molar-refractivity contribution in [3.63, 3.8) is 0 Å². The van der Waals surface area contributed by atoms with E-state index in [2.05, 4.69) is 5.32 Å². The largest absolute Gasteiger partial charge is 0.322 e. The number of hydrogen-bond donors (Lipinski definition) is 1. The van der Waals surface area contributed by atoms with E-state index in [1.54, 1.807) is 18.2 Å². The van der Waals surface area contributed by atoms with Gasteiger partial charge in [0.25, 0.3) is 5.91 Å². The van der Waals surface area contributed by atoms with Gasteiger partial charge in [-0.25, -0.2) is 12.7 Å². The zero-order valence-electron chi connectivity index (χ0n) is 18.4. The minimum atomic E-state index is -3.64. The number of carbonyl (C=O) groups is 1. The molecule has 0 spiro atoms. The van der Waals surface area contributed by atoms with Gasteiger partial charge < -0.3 is 9.88 Å². The molecule has 1 aromatic heterocycles. The fourth-order valence-electron chi connectivity index (χ4n) is 3.41. The van der Waals surface area contributed by atoms with Crippen LogP contribution in [0.2, 0.25) is 5.02 Å². The molecule has 0 atom stereocenters. The lowest BCUT2D eigenvalue weighted by Gasteiger charge is -2.17. The van der Waals surface area contributed by atoms with Crippen LogP contribution in [-0.2, 0) is 10.0 Å². The highest BCUT2D eigenvalue weighted by Gasteiger charge is 2.21. The topological polar surface area (TPSA) is 71.4 Å². The van der Waals surface area contributed by atoms with Crippen molar-refractivity contribution in [1.82, 2.24) is 8.87 Å². The van der Waals surface area contributed by atoms with E-state index in [1.807, 2.05) is 50.5 Å². The van der Waals surface area contributed by atoms with E-state index < -0.39 is 15.9 Å². The van der Waals surface area contributed by atoms with Crippen molar-refractivity contribution < 1.29 is 13.2 Å². The van der Waals surface area contributed by atoms with Gasteiger partial charge in [-0.1, -0.05) is 11.6 Å². The number of halogens is 1. The van der Waals surface area contributed by atoms with Crippen molar-refractivity contribution in [3.05, 3.63) is 75.6 Å². The molecule has 1 heterocycles. The third kappa shape index (κ3) is 4.39. The molecule has 0 radical (unpaired) electrons. The molecule has 1 amide bonds. The Balaban J connectivity index is 2.03. The fraction of sp³-hybridized carbons (Fsp3) is 0.261. The average molecular weight is 460 g/mol. The van der Waals surface area contributed by atoms with Gasteiger partial charge in [0.1, 0.15) is 0 Å². The molecule has 0 saturated carbocycles. The summed E-state index contributed by atoms with van der Waals surface area (Å²) in [6.45, 7) is 7.63. The Morgan fingerprint density at radius 1 is 0.968 bits per heavy atom. The average Bonchev–Trinajstić information content (AvgIpc) is 3.03. The fourth-order valence-corrected chi connectivity index (χ4v) is 4.63. The van der Waals surface area contributed by atoms with Gasteiger partial charge in [0.05, 0.1) is 15.5 Å². The van der Waals surface area contributed by atoms with E-state index >= 15 is 0 Å². The Labute approximate surface area is 188 Å².